The molecule has 2 heterocycles. The molecule has 0 radical (unpaired) electrons. The number of ether oxygens (including phenoxy) is 1. The molecule has 0 N–H and O–H groups in total. The fourth-order valence-electron chi connectivity index (χ4n) is 2.21. The molecule has 130 valence electrons. The quantitative estimate of drug-likeness (QED) is 0.498. The van der Waals surface area contributed by atoms with Crippen molar-refractivity contribution in [2.45, 2.75) is 27.4 Å². The number of aryl methyl sites for hydroxylation is 4. The summed E-state index contributed by atoms with van der Waals surface area (Å²) in [7, 11) is 1.83. The van der Waals surface area contributed by atoms with Gasteiger partial charge in [0.05, 0.1) is 28.0 Å². The van der Waals surface area contributed by atoms with E-state index in [-0.39, 0.29) is 0 Å². The maximum Gasteiger partial charge on any atom is 0.226 e. The van der Waals surface area contributed by atoms with E-state index in [1.807, 2.05) is 52.1 Å². The zero-order valence-corrected chi connectivity index (χ0v) is 15.4. The van der Waals surface area contributed by atoms with Crippen molar-refractivity contribution >= 4 is 17.7 Å². The standard InChI is InChI=1S/C17H19N5O2S/c1-11-5-7-14(8-6-11)24-17-15(12(2)20-22(17)4)9-18-23-10-16-13(3)19-21-25-16/h5-9H,10H2,1-4H3/b18-9+. The number of aromatic nitrogens is 4. The summed E-state index contributed by atoms with van der Waals surface area (Å²) in [6.07, 6.45) is 1.62. The summed E-state index contributed by atoms with van der Waals surface area (Å²) in [5, 5.41) is 12.4. The maximum atomic E-state index is 5.97. The predicted molar refractivity (Wildman–Crippen MR) is 96.2 cm³/mol. The fraction of sp³-hybridized carbons (Fsp3) is 0.294. The second-order valence-electron chi connectivity index (χ2n) is 5.63. The van der Waals surface area contributed by atoms with Gasteiger partial charge >= 0.3 is 0 Å². The van der Waals surface area contributed by atoms with Crippen LogP contribution in [0.2, 0.25) is 0 Å². The van der Waals surface area contributed by atoms with Crippen molar-refractivity contribution in [2.24, 2.45) is 12.2 Å². The summed E-state index contributed by atoms with van der Waals surface area (Å²) in [6.45, 7) is 6.17. The zero-order valence-electron chi connectivity index (χ0n) is 14.6. The SMILES string of the molecule is Cc1ccc(Oc2c(/C=N/OCc3snnc3C)c(C)nn2C)cc1. The molecule has 0 fully saturated rings. The van der Waals surface area contributed by atoms with E-state index in [0.29, 0.717) is 12.5 Å². The van der Waals surface area contributed by atoms with Gasteiger partial charge in [-0.3, -0.25) is 0 Å². The van der Waals surface area contributed by atoms with E-state index in [9.17, 15) is 0 Å². The van der Waals surface area contributed by atoms with E-state index in [1.54, 1.807) is 10.9 Å². The Labute approximate surface area is 150 Å². The van der Waals surface area contributed by atoms with Crippen LogP contribution in [0.4, 0.5) is 0 Å². The van der Waals surface area contributed by atoms with Crippen LogP contribution in [-0.2, 0) is 18.5 Å². The average Bonchev–Trinajstić information content (AvgIpc) is 3.10. The van der Waals surface area contributed by atoms with Crippen molar-refractivity contribution in [1.82, 2.24) is 19.4 Å². The normalized spacial score (nSPS) is 11.2. The third-order valence-electron chi connectivity index (χ3n) is 3.65. The van der Waals surface area contributed by atoms with Gasteiger partial charge in [0.15, 0.2) is 6.61 Å². The van der Waals surface area contributed by atoms with Crippen molar-refractivity contribution in [3.05, 3.63) is 51.7 Å². The van der Waals surface area contributed by atoms with Gasteiger partial charge in [-0.1, -0.05) is 27.3 Å². The van der Waals surface area contributed by atoms with Crippen LogP contribution in [0.1, 0.15) is 27.4 Å². The lowest BCUT2D eigenvalue weighted by molar-refractivity contribution is 0.134. The lowest BCUT2D eigenvalue weighted by atomic mass is 10.2. The first-order valence-corrected chi connectivity index (χ1v) is 8.53. The average molecular weight is 357 g/mol. The lowest BCUT2D eigenvalue weighted by Crippen LogP contribution is -1.97. The molecule has 0 amide bonds. The highest BCUT2D eigenvalue weighted by Gasteiger charge is 2.14. The number of oxime groups is 1. The summed E-state index contributed by atoms with van der Waals surface area (Å²) < 4.78 is 11.5. The Hall–Kier alpha value is -2.74. The van der Waals surface area contributed by atoms with Crippen LogP contribution in [0.15, 0.2) is 29.4 Å². The van der Waals surface area contributed by atoms with E-state index in [2.05, 4.69) is 19.8 Å². The Morgan fingerprint density at radius 3 is 2.60 bits per heavy atom. The monoisotopic (exact) mass is 357 g/mol. The topological polar surface area (TPSA) is 74.4 Å². The molecule has 1 aromatic carbocycles. The van der Waals surface area contributed by atoms with Crippen molar-refractivity contribution in [3.8, 4) is 11.6 Å². The summed E-state index contributed by atoms with van der Waals surface area (Å²) in [6, 6.07) is 7.85. The molecule has 0 aliphatic rings. The number of hydrogen-bond acceptors (Lipinski definition) is 7. The van der Waals surface area contributed by atoms with Crippen LogP contribution >= 0.6 is 11.5 Å². The molecule has 3 rings (SSSR count). The summed E-state index contributed by atoms with van der Waals surface area (Å²) in [4.78, 5) is 6.31. The first-order chi connectivity index (χ1) is 12.0. The maximum absolute atomic E-state index is 5.97. The van der Waals surface area contributed by atoms with Gasteiger partial charge in [0.1, 0.15) is 5.75 Å². The molecular weight excluding hydrogens is 338 g/mol. The van der Waals surface area contributed by atoms with Crippen molar-refractivity contribution in [1.29, 1.82) is 0 Å². The van der Waals surface area contributed by atoms with Crippen LogP contribution in [-0.4, -0.2) is 25.6 Å². The minimum Gasteiger partial charge on any atom is -0.439 e. The van der Waals surface area contributed by atoms with E-state index < -0.39 is 0 Å². The molecule has 0 spiro atoms. The summed E-state index contributed by atoms with van der Waals surface area (Å²) in [5.41, 5.74) is 3.63. The van der Waals surface area contributed by atoms with E-state index in [1.165, 1.54) is 17.1 Å². The van der Waals surface area contributed by atoms with Gasteiger partial charge in [0.2, 0.25) is 5.88 Å². The molecule has 8 heteroatoms. The summed E-state index contributed by atoms with van der Waals surface area (Å²) in [5.74, 6) is 1.36. The number of benzene rings is 1. The largest absolute Gasteiger partial charge is 0.439 e. The van der Waals surface area contributed by atoms with Gasteiger partial charge in [0, 0.05) is 7.05 Å². The predicted octanol–water partition coefficient (Wildman–Crippen LogP) is 3.54. The molecule has 25 heavy (non-hydrogen) atoms. The first kappa shape index (κ1) is 17.1. The Kier molecular flexibility index (Phi) is 5.08. The van der Waals surface area contributed by atoms with Crippen LogP contribution in [0.25, 0.3) is 0 Å². The zero-order chi connectivity index (χ0) is 17.8. The molecule has 0 bridgehead atoms. The molecule has 0 atom stereocenters. The second-order valence-corrected chi connectivity index (χ2v) is 6.47. The highest BCUT2D eigenvalue weighted by atomic mass is 32.1. The lowest BCUT2D eigenvalue weighted by Gasteiger charge is -2.07. The van der Waals surface area contributed by atoms with E-state index in [0.717, 1.165) is 27.6 Å². The first-order valence-electron chi connectivity index (χ1n) is 7.76. The number of rotatable bonds is 6. The third kappa shape index (κ3) is 4.03. The van der Waals surface area contributed by atoms with Crippen LogP contribution in [0.3, 0.4) is 0 Å². The molecule has 0 unspecified atom stereocenters. The number of nitrogens with zero attached hydrogens (tertiary/aromatic N) is 5. The van der Waals surface area contributed by atoms with Crippen LogP contribution in [0.5, 0.6) is 11.6 Å². The highest BCUT2D eigenvalue weighted by molar-refractivity contribution is 7.05. The Balaban J connectivity index is 1.73. The minimum absolute atomic E-state index is 0.341. The molecule has 3 aromatic rings. The van der Waals surface area contributed by atoms with Gasteiger partial charge in [-0.2, -0.15) is 5.10 Å². The molecule has 7 nitrogen and oxygen atoms in total. The minimum atomic E-state index is 0.341. The smallest absolute Gasteiger partial charge is 0.226 e. The second kappa shape index (κ2) is 7.43. The van der Waals surface area contributed by atoms with E-state index in [4.69, 9.17) is 9.57 Å². The van der Waals surface area contributed by atoms with E-state index >= 15 is 0 Å². The van der Waals surface area contributed by atoms with Crippen LogP contribution < -0.4 is 4.74 Å². The van der Waals surface area contributed by atoms with Crippen molar-refractivity contribution < 1.29 is 9.57 Å². The Bertz CT molecular complexity index is 883. The fourth-order valence-corrected chi connectivity index (χ4v) is 2.75. The third-order valence-corrected chi connectivity index (χ3v) is 4.44. The summed E-state index contributed by atoms with van der Waals surface area (Å²) >= 11 is 1.31. The Morgan fingerprint density at radius 2 is 1.92 bits per heavy atom. The van der Waals surface area contributed by atoms with Gasteiger partial charge in [-0.15, -0.1) is 5.10 Å². The van der Waals surface area contributed by atoms with Gasteiger partial charge < -0.3 is 9.57 Å². The molecular formula is C17H19N5O2S. The van der Waals surface area contributed by atoms with Gasteiger partial charge in [-0.25, -0.2) is 4.68 Å². The number of hydrogen-bond donors (Lipinski definition) is 0. The van der Waals surface area contributed by atoms with Crippen molar-refractivity contribution in [3.63, 3.8) is 0 Å². The van der Waals surface area contributed by atoms with Gasteiger partial charge in [-0.05, 0) is 44.4 Å². The molecule has 0 aliphatic heterocycles. The molecule has 0 saturated heterocycles. The van der Waals surface area contributed by atoms with Gasteiger partial charge in [0.25, 0.3) is 0 Å². The molecule has 0 aliphatic carbocycles. The Morgan fingerprint density at radius 1 is 1.16 bits per heavy atom. The highest BCUT2D eigenvalue weighted by Crippen LogP contribution is 2.26. The van der Waals surface area contributed by atoms with Crippen LogP contribution in [0, 0.1) is 20.8 Å². The molecule has 0 saturated carbocycles. The molecule has 2 aromatic heterocycles. The van der Waals surface area contributed by atoms with Crippen molar-refractivity contribution in [2.75, 3.05) is 0 Å².